The first-order valence-electron chi connectivity index (χ1n) is 7.04. The number of aromatic amines is 1. The number of nitrogens with zero attached hydrogens (tertiary/aromatic N) is 1. The second-order valence-corrected chi connectivity index (χ2v) is 6.59. The highest BCUT2D eigenvalue weighted by atomic mass is 32.1. The minimum Gasteiger partial charge on any atom is -0.325 e. The third-order valence-electron chi connectivity index (χ3n) is 3.43. The molecule has 0 unspecified atom stereocenters. The van der Waals surface area contributed by atoms with Crippen molar-refractivity contribution in [1.29, 1.82) is 0 Å². The molecule has 0 aliphatic carbocycles. The largest absolute Gasteiger partial charge is 0.329 e. The average molecular weight is 329 g/mol. The van der Waals surface area contributed by atoms with E-state index in [1.807, 2.05) is 26.0 Å². The minimum absolute atomic E-state index is 0.327. The van der Waals surface area contributed by atoms with E-state index in [0.717, 1.165) is 15.0 Å². The molecular formula is C16H15N3O3S. The van der Waals surface area contributed by atoms with Crippen molar-refractivity contribution in [3.8, 4) is 0 Å². The molecule has 3 rings (SSSR count). The molecular weight excluding hydrogens is 314 g/mol. The van der Waals surface area contributed by atoms with Gasteiger partial charge in [0, 0.05) is 10.6 Å². The van der Waals surface area contributed by atoms with Gasteiger partial charge in [0.05, 0.1) is 5.39 Å². The fourth-order valence-corrected chi connectivity index (χ4v) is 3.19. The number of hydrogen-bond donors (Lipinski definition) is 2. The number of hydrogen-bond acceptors (Lipinski definition) is 4. The Morgan fingerprint density at radius 2 is 1.91 bits per heavy atom. The van der Waals surface area contributed by atoms with Crippen LogP contribution >= 0.6 is 11.3 Å². The lowest BCUT2D eigenvalue weighted by Crippen LogP contribution is -2.38. The fraction of sp³-hybridized carbons (Fsp3) is 0.188. The summed E-state index contributed by atoms with van der Waals surface area (Å²) in [6.07, 6.45) is 0. The molecule has 0 spiro atoms. The van der Waals surface area contributed by atoms with E-state index in [2.05, 4.69) is 10.3 Å². The Labute approximate surface area is 135 Å². The van der Waals surface area contributed by atoms with Crippen molar-refractivity contribution in [3.05, 3.63) is 61.6 Å². The molecule has 0 saturated carbocycles. The van der Waals surface area contributed by atoms with Crippen LogP contribution < -0.4 is 16.6 Å². The molecule has 2 heterocycles. The van der Waals surface area contributed by atoms with E-state index in [4.69, 9.17) is 0 Å². The van der Waals surface area contributed by atoms with Crippen molar-refractivity contribution in [1.82, 2.24) is 9.55 Å². The Kier molecular flexibility index (Phi) is 3.87. The predicted molar refractivity (Wildman–Crippen MR) is 91.3 cm³/mol. The molecule has 1 aromatic carbocycles. The molecule has 23 heavy (non-hydrogen) atoms. The van der Waals surface area contributed by atoms with Crippen LogP contribution in [-0.4, -0.2) is 15.5 Å². The first-order valence-corrected chi connectivity index (χ1v) is 7.85. The summed E-state index contributed by atoms with van der Waals surface area (Å²) in [5.74, 6) is -0.423. The zero-order valence-corrected chi connectivity index (χ0v) is 13.5. The number of thiophene rings is 1. The van der Waals surface area contributed by atoms with Gasteiger partial charge in [-0.15, -0.1) is 11.3 Å². The van der Waals surface area contributed by atoms with Gasteiger partial charge in [0.15, 0.2) is 0 Å². The lowest BCUT2D eigenvalue weighted by Gasteiger charge is -2.07. The van der Waals surface area contributed by atoms with Gasteiger partial charge in [0.2, 0.25) is 5.91 Å². The number of carbonyl (C=O) groups is 1. The van der Waals surface area contributed by atoms with Gasteiger partial charge >= 0.3 is 5.69 Å². The Hall–Kier alpha value is -2.67. The number of H-pyrrole nitrogens is 1. The molecule has 0 atom stereocenters. The number of nitrogens with one attached hydrogen (secondary N) is 2. The third-order valence-corrected chi connectivity index (χ3v) is 4.40. The molecule has 0 aliphatic rings. The molecule has 0 aliphatic heterocycles. The third kappa shape index (κ3) is 3.09. The van der Waals surface area contributed by atoms with Crippen molar-refractivity contribution in [3.63, 3.8) is 0 Å². The number of rotatable bonds is 3. The van der Waals surface area contributed by atoms with Gasteiger partial charge in [-0.2, -0.15) is 0 Å². The summed E-state index contributed by atoms with van der Waals surface area (Å²) in [5.41, 5.74) is 0.669. The maximum atomic E-state index is 12.4. The van der Waals surface area contributed by atoms with Crippen LogP contribution in [0, 0.1) is 13.8 Å². The topological polar surface area (TPSA) is 84.0 Å². The molecule has 2 N–H and O–H groups in total. The normalized spacial score (nSPS) is 10.9. The molecule has 6 nitrogen and oxygen atoms in total. The maximum absolute atomic E-state index is 12.4. The Bertz CT molecular complexity index is 996. The first-order chi connectivity index (χ1) is 10.9. The van der Waals surface area contributed by atoms with E-state index in [1.54, 1.807) is 18.2 Å². The van der Waals surface area contributed by atoms with E-state index in [1.165, 1.54) is 11.3 Å². The molecule has 0 bridgehead atoms. The summed E-state index contributed by atoms with van der Waals surface area (Å²) in [7, 11) is 0. The van der Waals surface area contributed by atoms with Gasteiger partial charge in [-0.05, 0) is 32.0 Å². The van der Waals surface area contributed by atoms with E-state index in [9.17, 15) is 14.4 Å². The maximum Gasteiger partial charge on any atom is 0.329 e. The number of fused-ring (bicyclic) bond motifs is 1. The molecule has 3 aromatic rings. The van der Waals surface area contributed by atoms with Crippen molar-refractivity contribution in [2.75, 3.05) is 5.32 Å². The Morgan fingerprint density at radius 1 is 1.22 bits per heavy atom. The van der Waals surface area contributed by atoms with Crippen molar-refractivity contribution >= 4 is 33.1 Å². The van der Waals surface area contributed by atoms with Crippen LogP contribution in [0.25, 0.3) is 10.2 Å². The molecule has 0 fully saturated rings. The number of aryl methyl sites for hydroxylation is 2. The highest BCUT2D eigenvalue weighted by molar-refractivity contribution is 7.18. The highest BCUT2D eigenvalue weighted by Crippen LogP contribution is 2.18. The lowest BCUT2D eigenvalue weighted by atomic mass is 10.2. The van der Waals surface area contributed by atoms with Gasteiger partial charge in [-0.25, -0.2) is 4.79 Å². The molecule has 7 heteroatoms. The van der Waals surface area contributed by atoms with E-state index in [-0.39, 0.29) is 6.54 Å². The second-order valence-electron chi connectivity index (χ2n) is 5.34. The average Bonchev–Trinajstić information content (AvgIpc) is 2.86. The van der Waals surface area contributed by atoms with E-state index in [0.29, 0.717) is 15.9 Å². The summed E-state index contributed by atoms with van der Waals surface area (Å²) >= 11 is 1.34. The van der Waals surface area contributed by atoms with E-state index < -0.39 is 17.2 Å². The molecule has 118 valence electrons. The number of benzene rings is 1. The summed E-state index contributed by atoms with van der Waals surface area (Å²) in [6, 6.07) is 8.99. The summed E-state index contributed by atoms with van der Waals surface area (Å²) in [6.45, 7) is 3.48. The Balaban J connectivity index is 1.89. The van der Waals surface area contributed by atoms with E-state index >= 15 is 0 Å². The minimum atomic E-state index is -0.580. The van der Waals surface area contributed by atoms with Gasteiger partial charge in [0.1, 0.15) is 11.4 Å². The summed E-state index contributed by atoms with van der Waals surface area (Å²) in [5, 5.41) is 3.10. The van der Waals surface area contributed by atoms with Gasteiger partial charge in [-0.1, -0.05) is 17.7 Å². The number of anilines is 1. The number of amides is 1. The predicted octanol–water partition coefficient (Wildman–Crippen LogP) is 2.01. The molecule has 1 amide bonds. The van der Waals surface area contributed by atoms with Crippen LogP contribution in [0.5, 0.6) is 0 Å². The SMILES string of the molecule is Cc1ccc(NC(=O)Cn2c(=O)[nH]c3sc(C)cc3c2=O)cc1. The fourth-order valence-electron chi connectivity index (χ4n) is 2.29. The highest BCUT2D eigenvalue weighted by Gasteiger charge is 2.13. The summed E-state index contributed by atoms with van der Waals surface area (Å²) < 4.78 is 0.915. The van der Waals surface area contributed by atoms with Gasteiger partial charge < -0.3 is 5.32 Å². The lowest BCUT2D eigenvalue weighted by molar-refractivity contribution is -0.116. The van der Waals surface area contributed by atoms with Crippen LogP contribution in [-0.2, 0) is 11.3 Å². The number of carbonyl (C=O) groups excluding carboxylic acids is 1. The van der Waals surface area contributed by atoms with Crippen molar-refractivity contribution in [2.45, 2.75) is 20.4 Å². The second kappa shape index (κ2) is 5.85. The summed E-state index contributed by atoms with van der Waals surface area (Å²) in [4.78, 5) is 40.6. The molecule has 2 aromatic heterocycles. The van der Waals surface area contributed by atoms with Crippen molar-refractivity contribution < 1.29 is 4.79 Å². The Morgan fingerprint density at radius 3 is 2.61 bits per heavy atom. The number of aromatic nitrogens is 2. The van der Waals surface area contributed by atoms with Gasteiger partial charge in [-0.3, -0.25) is 19.1 Å². The first kappa shape index (κ1) is 15.2. The van der Waals surface area contributed by atoms with Gasteiger partial charge in [0.25, 0.3) is 5.56 Å². The van der Waals surface area contributed by atoms with Crippen LogP contribution in [0.3, 0.4) is 0 Å². The molecule has 0 saturated heterocycles. The standard InChI is InChI=1S/C16H15N3O3S/c1-9-3-5-11(6-4-9)17-13(20)8-19-15(21)12-7-10(2)23-14(12)18-16(19)22/h3-7H,8H2,1-2H3,(H,17,20)(H,18,22). The zero-order chi connectivity index (χ0) is 16.6. The quantitative estimate of drug-likeness (QED) is 0.771. The van der Waals surface area contributed by atoms with Crippen LogP contribution in [0.1, 0.15) is 10.4 Å². The van der Waals surface area contributed by atoms with Crippen LogP contribution in [0.15, 0.2) is 39.9 Å². The zero-order valence-electron chi connectivity index (χ0n) is 12.7. The van der Waals surface area contributed by atoms with Crippen LogP contribution in [0.2, 0.25) is 0 Å². The smallest absolute Gasteiger partial charge is 0.325 e. The molecule has 0 radical (unpaired) electrons. The van der Waals surface area contributed by atoms with Crippen LogP contribution in [0.4, 0.5) is 5.69 Å². The monoisotopic (exact) mass is 329 g/mol. The van der Waals surface area contributed by atoms with Crippen molar-refractivity contribution in [2.24, 2.45) is 0 Å².